The Hall–Kier alpha value is -3.15. The van der Waals surface area contributed by atoms with Crippen LogP contribution in [0, 0.1) is 0 Å². The molecule has 0 saturated heterocycles. The number of aromatic amines is 1. The first kappa shape index (κ1) is 15.4. The minimum absolute atomic E-state index is 0.826. The summed E-state index contributed by atoms with van der Waals surface area (Å²) in [6.45, 7) is 3.82. The summed E-state index contributed by atoms with van der Waals surface area (Å²) in [7, 11) is 0. The molecule has 0 aliphatic carbocycles. The fourth-order valence-corrected chi connectivity index (χ4v) is 3.06. The summed E-state index contributed by atoms with van der Waals surface area (Å²) in [5, 5.41) is 0. The first-order valence-corrected chi connectivity index (χ1v) is 8.45. The first-order valence-electron chi connectivity index (χ1n) is 8.45. The quantitative estimate of drug-likeness (QED) is 0.588. The van der Waals surface area contributed by atoms with Gasteiger partial charge in [0, 0.05) is 37.0 Å². The van der Waals surface area contributed by atoms with Crippen molar-refractivity contribution in [1.82, 2.24) is 29.1 Å². The maximum Gasteiger partial charge on any atom is 0.0979 e. The highest BCUT2D eigenvalue weighted by atomic mass is 15.1. The van der Waals surface area contributed by atoms with Crippen LogP contribution in [0.1, 0.15) is 12.6 Å². The van der Waals surface area contributed by atoms with Crippen LogP contribution in [0.15, 0.2) is 61.7 Å². The van der Waals surface area contributed by atoms with Crippen molar-refractivity contribution in [3.05, 3.63) is 67.4 Å². The van der Waals surface area contributed by atoms with E-state index in [0.717, 1.165) is 47.8 Å². The molecule has 3 heterocycles. The molecule has 0 bridgehead atoms. The smallest absolute Gasteiger partial charge is 0.0979 e. The highest BCUT2D eigenvalue weighted by Crippen LogP contribution is 2.31. The van der Waals surface area contributed by atoms with Crippen molar-refractivity contribution in [2.75, 3.05) is 0 Å². The minimum atomic E-state index is 0.826. The van der Waals surface area contributed by atoms with E-state index in [-0.39, 0.29) is 0 Å². The van der Waals surface area contributed by atoms with Gasteiger partial charge in [0.15, 0.2) is 0 Å². The monoisotopic (exact) mass is 332 g/mol. The van der Waals surface area contributed by atoms with E-state index in [1.54, 1.807) is 6.33 Å². The molecule has 0 fully saturated rings. The first-order chi connectivity index (χ1) is 12.4. The van der Waals surface area contributed by atoms with Gasteiger partial charge in [0.2, 0.25) is 0 Å². The van der Waals surface area contributed by atoms with Crippen LogP contribution < -0.4 is 0 Å². The Bertz CT molecular complexity index is 934. The van der Waals surface area contributed by atoms with Crippen molar-refractivity contribution in [3.63, 3.8) is 0 Å². The van der Waals surface area contributed by atoms with Gasteiger partial charge in [-0.3, -0.25) is 0 Å². The Kier molecular flexibility index (Phi) is 4.16. The minimum Gasteiger partial charge on any atom is -0.348 e. The third kappa shape index (κ3) is 2.98. The Labute approximate surface area is 146 Å². The maximum atomic E-state index is 4.71. The Morgan fingerprint density at radius 1 is 1.00 bits per heavy atom. The molecule has 0 spiro atoms. The molecular weight excluding hydrogens is 312 g/mol. The lowest BCUT2D eigenvalue weighted by atomic mass is 10.1. The molecule has 4 rings (SSSR count). The number of imidazole rings is 3. The van der Waals surface area contributed by atoms with Crippen molar-refractivity contribution in [2.45, 2.75) is 26.4 Å². The van der Waals surface area contributed by atoms with Crippen LogP contribution in [0.25, 0.3) is 22.6 Å². The van der Waals surface area contributed by atoms with E-state index in [4.69, 9.17) is 4.98 Å². The number of rotatable bonds is 6. The van der Waals surface area contributed by atoms with Gasteiger partial charge in [0.1, 0.15) is 0 Å². The van der Waals surface area contributed by atoms with E-state index < -0.39 is 0 Å². The van der Waals surface area contributed by atoms with Crippen molar-refractivity contribution >= 4 is 0 Å². The molecule has 0 radical (unpaired) electrons. The Balaban J connectivity index is 1.77. The molecule has 0 unspecified atom stereocenters. The lowest BCUT2D eigenvalue weighted by molar-refractivity contribution is 0.683. The SMILES string of the molecule is CCn1cncc1-c1c(-c2ccccc2)ncn1CCc1cnc[nH]1. The lowest BCUT2D eigenvalue weighted by Crippen LogP contribution is -2.05. The zero-order valence-electron chi connectivity index (χ0n) is 14.1. The molecule has 1 aromatic carbocycles. The van der Waals surface area contributed by atoms with E-state index in [1.807, 2.05) is 43.2 Å². The second kappa shape index (κ2) is 6.76. The molecule has 6 nitrogen and oxygen atoms in total. The normalized spacial score (nSPS) is 11.1. The molecule has 126 valence electrons. The van der Waals surface area contributed by atoms with Crippen LogP contribution in [0.3, 0.4) is 0 Å². The van der Waals surface area contributed by atoms with Crippen LogP contribution in [-0.2, 0) is 19.5 Å². The second-order valence-corrected chi connectivity index (χ2v) is 5.89. The predicted octanol–water partition coefficient (Wildman–Crippen LogP) is 3.40. The fourth-order valence-electron chi connectivity index (χ4n) is 3.06. The molecule has 25 heavy (non-hydrogen) atoms. The van der Waals surface area contributed by atoms with Crippen molar-refractivity contribution in [1.29, 1.82) is 0 Å². The summed E-state index contributed by atoms with van der Waals surface area (Å²) in [6, 6.07) is 10.3. The molecule has 3 aromatic heterocycles. The number of aryl methyl sites for hydroxylation is 3. The van der Waals surface area contributed by atoms with E-state index in [9.17, 15) is 0 Å². The predicted molar refractivity (Wildman–Crippen MR) is 96.8 cm³/mol. The van der Waals surface area contributed by atoms with Gasteiger partial charge in [-0.15, -0.1) is 0 Å². The average molecular weight is 332 g/mol. The molecule has 0 saturated carbocycles. The molecule has 4 aromatic rings. The van der Waals surface area contributed by atoms with Crippen LogP contribution in [0.2, 0.25) is 0 Å². The van der Waals surface area contributed by atoms with Gasteiger partial charge in [0.25, 0.3) is 0 Å². The molecule has 0 atom stereocenters. The van der Waals surface area contributed by atoms with Crippen molar-refractivity contribution in [2.24, 2.45) is 0 Å². The van der Waals surface area contributed by atoms with Gasteiger partial charge >= 0.3 is 0 Å². The van der Waals surface area contributed by atoms with Crippen LogP contribution >= 0.6 is 0 Å². The number of H-pyrrole nitrogens is 1. The van der Waals surface area contributed by atoms with Gasteiger partial charge in [-0.2, -0.15) is 0 Å². The van der Waals surface area contributed by atoms with Gasteiger partial charge < -0.3 is 14.1 Å². The van der Waals surface area contributed by atoms with E-state index in [0.29, 0.717) is 0 Å². The highest BCUT2D eigenvalue weighted by Gasteiger charge is 2.18. The largest absolute Gasteiger partial charge is 0.348 e. The Morgan fingerprint density at radius 3 is 2.64 bits per heavy atom. The molecule has 0 amide bonds. The number of aromatic nitrogens is 6. The third-order valence-electron chi connectivity index (χ3n) is 4.36. The molecule has 0 aliphatic rings. The molecule has 6 heteroatoms. The third-order valence-corrected chi connectivity index (χ3v) is 4.36. The van der Waals surface area contributed by atoms with Gasteiger partial charge in [-0.25, -0.2) is 15.0 Å². The number of hydrogen-bond donors (Lipinski definition) is 1. The Morgan fingerprint density at radius 2 is 1.88 bits per heavy atom. The molecule has 1 N–H and O–H groups in total. The van der Waals surface area contributed by atoms with E-state index in [1.165, 1.54) is 0 Å². The van der Waals surface area contributed by atoms with Crippen LogP contribution in [-0.4, -0.2) is 29.1 Å². The second-order valence-electron chi connectivity index (χ2n) is 5.89. The van der Waals surface area contributed by atoms with Crippen molar-refractivity contribution in [3.8, 4) is 22.6 Å². The molecular formula is C19H20N6. The van der Waals surface area contributed by atoms with Gasteiger partial charge in [-0.1, -0.05) is 30.3 Å². The zero-order valence-corrected chi connectivity index (χ0v) is 14.1. The summed E-state index contributed by atoms with van der Waals surface area (Å²) >= 11 is 0. The standard InChI is InChI=1S/C19H20N6/c1-2-24-13-21-11-17(24)19-18(15-6-4-3-5-7-15)23-14-25(19)9-8-16-10-20-12-22-16/h3-7,10-14H,2,8-9H2,1H3,(H,20,22). The topological polar surface area (TPSA) is 64.3 Å². The van der Waals surface area contributed by atoms with Gasteiger partial charge in [-0.05, 0) is 6.92 Å². The fraction of sp³-hybridized carbons (Fsp3) is 0.211. The number of nitrogens with one attached hydrogen (secondary N) is 1. The van der Waals surface area contributed by atoms with Crippen LogP contribution in [0.4, 0.5) is 0 Å². The van der Waals surface area contributed by atoms with E-state index >= 15 is 0 Å². The van der Waals surface area contributed by atoms with Crippen molar-refractivity contribution < 1.29 is 0 Å². The molecule has 0 aliphatic heterocycles. The van der Waals surface area contributed by atoms with Crippen LogP contribution in [0.5, 0.6) is 0 Å². The van der Waals surface area contributed by atoms with Gasteiger partial charge in [0.05, 0.1) is 42.3 Å². The maximum absolute atomic E-state index is 4.71. The number of hydrogen-bond acceptors (Lipinski definition) is 3. The number of benzene rings is 1. The summed E-state index contributed by atoms with van der Waals surface area (Å²) in [5.74, 6) is 0. The van der Waals surface area contributed by atoms with E-state index in [2.05, 4.69) is 43.1 Å². The summed E-state index contributed by atoms with van der Waals surface area (Å²) in [6.07, 6.45) is 10.2. The summed E-state index contributed by atoms with van der Waals surface area (Å²) < 4.78 is 4.35. The summed E-state index contributed by atoms with van der Waals surface area (Å²) in [4.78, 5) is 16.3. The summed E-state index contributed by atoms with van der Waals surface area (Å²) in [5.41, 5.74) is 5.40. The zero-order chi connectivity index (χ0) is 17.1. The highest BCUT2D eigenvalue weighted by molar-refractivity contribution is 5.76. The lowest BCUT2D eigenvalue weighted by Gasteiger charge is -2.12. The number of nitrogens with zero attached hydrogens (tertiary/aromatic N) is 5. The average Bonchev–Trinajstić information content (AvgIpc) is 3.39.